The second-order valence-electron chi connectivity index (χ2n) is 6.82. The van der Waals surface area contributed by atoms with Crippen LogP contribution in [0.4, 0.5) is 0 Å². The number of nitrogens with one attached hydrogen (secondary N) is 1. The van der Waals surface area contributed by atoms with E-state index < -0.39 is 0 Å². The van der Waals surface area contributed by atoms with Crippen LogP contribution >= 0.6 is 0 Å². The summed E-state index contributed by atoms with van der Waals surface area (Å²) in [6, 6.07) is 0. The molecule has 1 saturated carbocycles. The number of hydrogen-bond donors (Lipinski definition) is 1. The molecular formula is C14H25NO2. The maximum absolute atomic E-state index is 12.1. The lowest BCUT2D eigenvalue weighted by molar-refractivity contribution is -0.165. The fraction of sp³-hybridized carbons (Fsp3) is 0.929. The van der Waals surface area contributed by atoms with E-state index in [1.165, 1.54) is 0 Å². The zero-order valence-corrected chi connectivity index (χ0v) is 11.5. The molecule has 1 unspecified atom stereocenters. The summed E-state index contributed by atoms with van der Waals surface area (Å²) < 4.78 is 5.40. The lowest BCUT2D eigenvalue weighted by Crippen LogP contribution is -2.61. The first-order chi connectivity index (χ1) is 7.83. The summed E-state index contributed by atoms with van der Waals surface area (Å²) in [5.74, 6) is 0.700. The van der Waals surface area contributed by atoms with Crippen LogP contribution < -0.4 is 5.32 Å². The number of carbonyl (C=O) groups is 1. The van der Waals surface area contributed by atoms with Gasteiger partial charge in [0.05, 0.1) is 0 Å². The minimum absolute atomic E-state index is 0.0217. The molecule has 2 aliphatic rings. The standard InChI is InChI=1S/C14H25NO2/c1-10-9-15-14(12(16)17-10)7-5-11(6-8-14)13(2,3)4/h10-11,15H,5-9H2,1-4H3. The molecule has 0 aromatic rings. The summed E-state index contributed by atoms with van der Waals surface area (Å²) in [4.78, 5) is 12.1. The number of esters is 1. The van der Waals surface area contributed by atoms with Crippen LogP contribution in [0.5, 0.6) is 0 Å². The fourth-order valence-corrected chi connectivity index (χ4v) is 3.11. The summed E-state index contributed by atoms with van der Waals surface area (Å²) in [5.41, 5.74) is -0.0122. The third-order valence-electron chi connectivity index (χ3n) is 4.49. The van der Waals surface area contributed by atoms with Gasteiger partial charge in [0.15, 0.2) is 0 Å². The van der Waals surface area contributed by atoms with Crippen molar-refractivity contribution in [3.63, 3.8) is 0 Å². The topological polar surface area (TPSA) is 38.3 Å². The molecule has 1 aliphatic carbocycles. The Labute approximate surface area is 104 Å². The highest BCUT2D eigenvalue weighted by molar-refractivity contribution is 5.81. The van der Waals surface area contributed by atoms with Gasteiger partial charge in [-0.2, -0.15) is 0 Å². The Morgan fingerprint density at radius 2 is 1.88 bits per heavy atom. The molecule has 1 aliphatic heterocycles. The third kappa shape index (κ3) is 2.49. The molecule has 0 aromatic carbocycles. The van der Waals surface area contributed by atoms with E-state index in [0.717, 1.165) is 38.1 Å². The van der Waals surface area contributed by atoms with Crippen LogP contribution in [-0.4, -0.2) is 24.2 Å². The zero-order valence-electron chi connectivity index (χ0n) is 11.5. The Kier molecular flexibility index (Phi) is 3.23. The molecule has 1 atom stereocenters. The van der Waals surface area contributed by atoms with E-state index in [1.54, 1.807) is 0 Å². The molecular weight excluding hydrogens is 214 g/mol. The van der Waals surface area contributed by atoms with Gasteiger partial charge in [0, 0.05) is 6.54 Å². The minimum atomic E-state index is -0.367. The van der Waals surface area contributed by atoms with E-state index in [9.17, 15) is 4.79 Å². The van der Waals surface area contributed by atoms with Gasteiger partial charge in [-0.1, -0.05) is 20.8 Å². The molecule has 0 amide bonds. The van der Waals surface area contributed by atoms with Crippen molar-refractivity contribution in [3.8, 4) is 0 Å². The van der Waals surface area contributed by atoms with Crippen LogP contribution in [0.2, 0.25) is 0 Å². The van der Waals surface area contributed by atoms with Gasteiger partial charge in [-0.25, -0.2) is 0 Å². The smallest absolute Gasteiger partial charge is 0.326 e. The third-order valence-corrected chi connectivity index (χ3v) is 4.49. The molecule has 3 nitrogen and oxygen atoms in total. The molecule has 2 rings (SSSR count). The summed E-state index contributed by atoms with van der Waals surface area (Å²) in [6.45, 7) is 9.63. The van der Waals surface area contributed by atoms with E-state index in [2.05, 4.69) is 26.1 Å². The normalized spacial score (nSPS) is 39.2. The Hall–Kier alpha value is -0.570. The van der Waals surface area contributed by atoms with Gasteiger partial charge in [0.2, 0.25) is 0 Å². The maximum Gasteiger partial charge on any atom is 0.326 e. The van der Waals surface area contributed by atoms with Crippen molar-refractivity contribution < 1.29 is 9.53 Å². The highest BCUT2D eigenvalue weighted by atomic mass is 16.5. The molecule has 0 aromatic heterocycles. The summed E-state index contributed by atoms with van der Waals surface area (Å²) in [5, 5.41) is 3.43. The minimum Gasteiger partial charge on any atom is -0.460 e. The van der Waals surface area contributed by atoms with E-state index in [1.807, 2.05) is 6.92 Å². The average molecular weight is 239 g/mol. The summed E-state index contributed by atoms with van der Waals surface area (Å²) in [6.07, 6.45) is 4.13. The van der Waals surface area contributed by atoms with E-state index in [4.69, 9.17) is 4.74 Å². The zero-order chi connectivity index (χ0) is 12.7. The molecule has 17 heavy (non-hydrogen) atoms. The van der Waals surface area contributed by atoms with Gasteiger partial charge in [0.25, 0.3) is 0 Å². The number of rotatable bonds is 0. The highest BCUT2D eigenvalue weighted by Gasteiger charge is 2.47. The molecule has 98 valence electrons. The maximum atomic E-state index is 12.1. The average Bonchev–Trinajstić information content (AvgIpc) is 2.24. The first kappa shape index (κ1) is 12.9. The van der Waals surface area contributed by atoms with E-state index in [-0.39, 0.29) is 17.6 Å². The SMILES string of the molecule is CC1CNC2(CCC(C(C)(C)C)CC2)C(=O)O1. The predicted octanol–water partition coefficient (Wildman–Crippen LogP) is 2.50. The van der Waals surface area contributed by atoms with Crippen LogP contribution in [-0.2, 0) is 9.53 Å². The highest BCUT2D eigenvalue weighted by Crippen LogP contribution is 2.42. The molecule has 1 heterocycles. The van der Waals surface area contributed by atoms with Crippen LogP contribution in [0.15, 0.2) is 0 Å². The largest absolute Gasteiger partial charge is 0.460 e. The molecule has 0 radical (unpaired) electrons. The van der Waals surface area contributed by atoms with Crippen molar-refractivity contribution in [2.75, 3.05) is 6.54 Å². The molecule has 3 heteroatoms. The Morgan fingerprint density at radius 3 is 2.35 bits per heavy atom. The molecule has 1 N–H and O–H groups in total. The fourth-order valence-electron chi connectivity index (χ4n) is 3.11. The van der Waals surface area contributed by atoms with Crippen molar-refractivity contribution in [2.45, 2.75) is 65.0 Å². The second kappa shape index (κ2) is 4.27. The number of carbonyl (C=O) groups excluding carboxylic acids is 1. The van der Waals surface area contributed by atoms with Crippen LogP contribution in [0.1, 0.15) is 53.4 Å². The summed E-state index contributed by atoms with van der Waals surface area (Å²) in [7, 11) is 0. The van der Waals surface area contributed by atoms with E-state index in [0.29, 0.717) is 5.41 Å². The van der Waals surface area contributed by atoms with Gasteiger partial charge in [-0.15, -0.1) is 0 Å². The van der Waals surface area contributed by atoms with Gasteiger partial charge < -0.3 is 4.74 Å². The molecule has 2 fully saturated rings. The van der Waals surface area contributed by atoms with Crippen molar-refractivity contribution >= 4 is 5.97 Å². The van der Waals surface area contributed by atoms with Gasteiger partial charge in [0.1, 0.15) is 11.6 Å². The molecule has 0 bridgehead atoms. The second-order valence-corrected chi connectivity index (χ2v) is 6.82. The van der Waals surface area contributed by atoms with Crippen molar-refractivity contribution in [2.24, 2.45) is 11.3 Å². The molecule has 1 saturated heterocycles. The van der Waals surface area contributed by atoms with Crippen molar-refractivity contribution in [1.82, 2.24) is 5.32 Å². The van der Waals surface area contributed by atoms with Crippen molar-refractivity contribution in [3.05, 3.63) is 0 Å². The van der Waals surface area contributed by atoms with E-state index >= 15 is 0 Å². The molecule has 1 spiro atoms. The number of cyclic esters (lactones) is 1. The Morgan fingerprint density at radius 1 is 1.29 bits per heavy atom. The van der Waals surface area contributed by atoms with Gasteiger partial charge in [-0.05, 0) is 43.9 Å². The van der Waals surface area contributed by atoms with Crippen LogP contribution in [0.25, 0.3) is 0 Å². The van der Waals surface area contributed by atoms with Crippen LogP contribution in [0, 0.1) is 11.3 Å². The number of morpholine rings is 1. The quantitative estimate of drug-likeness (QED) is 0.660. The lowest BCUT2D eigenvalue weighted by Gasteiger charge is -2.45. The monoisotopic (exact) mass is 239 g/mol. The summed E-state index contributed by atoms with van der Waals surface area (Å²) >= 11 is 0. The first-order valence-electron chi connectivity index (χ1n) is 6.80. The van der Waals surface area contributed by atoms with Crippen LogP contribution in [0.3, 0.4) is 0 Å². The van der Waals surface area contributed by atoms with Gasteiger partial charge >= 0.3 is 5.97 Å². The predicted molar refractivity (Wildman–Crippen MR) is 67.7 cm³/mol. The van der Waals surface area contributed by atoms with Gasteiger partial charge in [-0.3, -0.25) is 10.1 Å². The Bertz CT molecular complexity index is 298. The number of hydrogen-bond acceptors (Lipinski definition) is 3. The lowest BCUT2D eigenvalue weighted by atomic mass is 9.67. The number of ether oxygens (including phenoxy) is 1. The van der Waals surface area contributed by atoms with Crippen molar-refractivity contribution in [1.29, 1.82) is 0 Å². The first-order valence-corrected chi connectivity index (χ1v) is 6.80. The Balaban J connectivity index is 2.00.